The molecule has 2 aliphatic carbocycles. The summed E-state index contributed by atoms with van der Waals surface area (Å²) >= 11 is 6.06. The molecule has 3 aliphatic rings. The molecule has 120 valence electrons. The fourth-order valence-electron chi connectivity index (χ4n) is 4.51. The lowest BCUT2D eigenvalue weighted by atomic mass is 9.63. The molecular weight excluding hydrogens is 313 g/mol. The number of anilines is 1. The molecule has 0 amide bonds. The van der Waals surface area contributed by atoms with Crippen LogP contribution in [-0.4, -0.2) is 37.8 Å². The van der Waals surface area contributed by atoms with Gasteiger partial charge in [0.05, 0.1) is 29.2 Å². The molecule has 1 aromatic rings. The molecule has 1 saturated heterocycles. The number of nitrogens with two attached hydrogens (primary N) is 1. The van der Waals surface area contributed by atoms with Crippen molar-refractivity contribution in [1.82, 2.24) is 9.55 Å². The zero-order valence-electron chi connectivity index (χ0n) is 12.0. The van der Waals surface area contributed by atoms with Crippen molar-refractivity contribution in [1.29, 1.82) is 0 Å². The van der Waals surface area contributed by atoms with Crippen LogP contribution in [0.1, 0.15) is 25.8 Å². The number of alkyl halides is 1. The largest absolute Gasteiger partial charge is 0.393 e. The van der Waals surface area contributed by atoms with E-state index in [1.165, 1.54) is 4.57 Å². The van der Waals surface area contributed by atoms with Crippen molar-refractivity contribution in [2.24, 2.45) is 11.8 Å². The van der Waals surface area contributed by atoms with Crippen LogP contribution in [0.3, 0.4) is 0 Å². The summed E-state index contributed by atoms with van der Waals surface area (Å²) in [6.45, 7) is 1.99. The first-order valence-corrected chi connectivity index (χ1v) is 7.86. The molecule has 6 nitrogen and oxygen atoms in total. The van der Waals surface area contributed by atoms with Gasteiger partial charge in [-0.1, -0.05) is 6.92 Å². The summed E-state index contributed by atoms with van der Waals surface area (Å²) in [7, 11) is 0. The number of aliphatic hydroxyl groups excluding tert-OH is 1. The van der Waals surface area contributed by atoms with E-state index >= 15 is 0 Å². The number of rotatable bonds is 2. The van der Waals surface area contributed by atoms with E-state index in [0.29, 0.717) is 18.7 Å². The predicted molar refractivity (Wildman–Crippen MR) is 77.1 cm³/mol. The minimum Gasteiger partial charge on any atom is -0.393 e. The van der Waals surface area contributed by atoms with Crippen LogP contribution in [0.5, 0.6) is 0 Å². The quantitative estimate of drug-likeness (QED) is 0.778. The van der Waals surface area contributed by atoms with E-state index in [-0.39, 0.29) is 17.9 Å². The third-order valence-electron chi connectivity index (χ3n) is 5.69. The number of aromatic nitrogens is 2. The number of nitrogen functional groups attached to an aromatic ring is 1. The maximum Gasteiger partial charge on any atom is 0.350 e. The van der Waals surface area contributed by atoms with Crippen molar-refractivity contribution >= 4 is 17.4 Å². The minimum atomic E-state index is -0.720. The van der Waals surface area contributed by atoms with E-state index < -0.39 is 34.6 Å². The van der Waals surface area contributed by atoms with Gasteiger partial charge in [-0.05, 0) is 5.92 Å². The van der Waals surface area contributed by atoms with Crippen LogP contribution in [0.25, 0.3) is 0 Å². The zero-order chi connectivity index (χ0) is 15.9. The third-order valence-corrected chi connectivity index (χ3v) is 6.14. The van der Waals surface area contributed by atoms with E-state index in [1.807, 2.05) is 6.92 Å². The van der Waals surface area contributed by atoms with Gasteiger partial charge in [0.2, 0.25) is 0 Å². The second-order valence-corrected chi connectivity index (χ2v) is 6.99. The van der Waals surface area contributed by atoms with Crippen LogP contribution in [0, 0.1) is 17.7 Å². The molecule has 6 atom stereocenters. The molecule has 4 rings (SSSR count). The number of halogens is 2. The Hall–Kier alpha value is -1.18. The Morgan fingerprint density at radius 1 is 1.64 bits per heavy atom. The van der Waals surface area contributed by atoms with Gasteiger partial charge < -0.3 is 15.6 Å². The number of hydrogen-bond donors (Lipinski definition) is 2. The number of ether oxygens (including phenoxy) is 1. The fourth-order valence-corrected chi connectivity index (χ4v) is 4.85. The first-order chi connectivity index (χ1) is 10.3. The maximum atomic E-state index is 13.6. The van der Waals surface area contributed by atoms with Crippen LogP contribution in [0.2, 0.25) is 0 Å². The van der Waals surface area contributed by atoms with Crippen LogP contribution >= 0.6 is 11.6 Å². The second-order valence-electron chi connectivity index (χ2n) is 6.73. The van der Waals surface area contributed by atoms with Crippen molar-refractivity contribution in [3.63, 3.8) is 0 Å². The molecule has 0 radical (unpaired) electrons. The summed E-state index contributed by atoms with van der Waals surface area (Å²) in [5, 5.41) is 10.0. The molecule has 1 spiro atoms. The molecule has 2 saturated carbocycles. The molecule has 0 bridgehead atoms. The summed E-state index contributed by atoms with van der Waals surface area (Å²) in [4.78, 5) is 15.5. The first kappa shape index (κ1) is 14.4. The Labute approximate surface area is 131 Å². The smallest absolute Gasteiger partial charge is 0.350 e. The molecule has 8 heteroatoms. The highest BCUT2D eigenvalue weighted by molar-refractivity contribution is 6.18. The number of fused-ring (bicyclic) bond motifs is 1. The van der Waals surface area contributed by atoms with Gasteiger partial charge in [-0.25, -0.2) is 9.18 Å². The predicted octanol–water partition coefficient (Wildman–Crippen LogP) is 0.673. The molecule has 22 heavy (non-hydrogen) atoms. The fraction of sp³-hybridized carbons (Fsp3) is 0.714. The summed E-state index contributed by atoms with van der Waals surface area (Å²) in [6.07, 6.45) is 1.74. The van der Waals surface area contributed by atoms with Crippen LogP contribution < -0.4 is 11.4 Å². The normalized spacial score (nSPS) is 45.6. The van der Waals surface area contributed by atoms with Crippen molar-refractivity contribution in [3.8, 4) is 0 Å². The SMILES string of the molecule is C[C@@H]1C2C(O)C[C@@]2(CCl)OC12CC2n1cc(F)c(N)nc1=O. The average Bonchev–Trinajstić information content (AvgIpc) is 3.11. The molecule has 1 aliphatic heterocycles. The maximum absolute atomic E-state index is 13.6. The first-order valence-electron chi connectivity index (χ1n) is 7.33. The Morgan fingerprint density at radius 3 is 2.95 bits per heavy atom. The van der Waals surface area contributed by atoms with Crippen molar-refractivity contribution in [3.05, 3.63) is 22.5 Å². The molecule has 3 N–H and O–H groups in total. The summed E-state index contributed by atoms with van der Waals surface area (Å²) < 4.78 is 21.1. The molecule has 1 aromatic heterocycles. The number of hydrogen-bond acceptors (Lipinski definition) is 5. The Kier molecular flexibility index (Phi) is 2.76. The van der Waals surface area contributed by atoms with Crippen molar-refractivity contribution in [2.75, 3.05) is 11.6 Å². The standard InChI is InChI=1S/C14H17ClFN3O3/c1-6-10-8(20)2-13(10,5-15)22-14(6)3-9(14)19-4-7(16)11(17)18-12(19)21/h4,6,8-10,20H,2-3,5H2,1H3,(H2,17,18,21)/t6-,8?,9?,10?,13+,14?/m1/s1. The molecular formula is C14H17ClFN3O3. The van der Waals surface area contributed by atoms with E-state index in [0.717, 1.165) is 6.20 Å². The molecule has 0 aromatic carbocycles. The van der Waals surface area contributed by atoms with Gasteiger partial charge in [-0.2, -0.15) is 4.98 Å². The van der Waals surface area contributed by atoms with Crippen LogP contribution in [-0.2, 0) is 4.74 Å². The van der Waals surface area contributed by atoms with Gasteiger partial charge in [0.25, 0.3) is 0 Å². The van der Waals surface area contributed by atoms with Gasteiger partial charge in [0, 0.05) is 25.0 Å². The Balaban J connectivity index is 1.70. The Morgan fingerprint density at radius 2 is 2.36 bits per heavy atom. The Bertz CT molecular complexity index is 713. The topological polar surface area (TPSA) is 90.4 Å². The van der Waals surface area contributed by atoms with Gasteiger partial charge in [-0.3, -0.25) is 4.57 Å². The van der Waals surface area contributed by atoms with Gasteiger partial charge in [0.1, 0.15) is 0 Å². The van der Waals surface area contributed by atoms with E-state index in [9.17, 15) is 14.3 Å². The number of nitrogens with zero attached hydrogens (tertiary/aromatic N) is 2. The van der Waals surface area contributed by atoms with Crippen molar-refractivity contribution < 1.29 is 14.2 Å². The summed E-state index contributed by atoms with van der Waals surface area (Å²) in [5.74, 6) is -0.826. The van der Waals surface area contributed by atoms with Gasteiger partial charge in [-0.15, -0.1) is 11.6 Å². The monoisotopic (exact) mass is 329 g/mol. The van der Waals surface area contributed by atoms with Crippen LogP contribution in [0.15, 0.2) is 11.0 Å². The third kappa shape index (κ3) is 1.56. The lowest BCUT2D eigenvalue weighted by Crippen LogP contribution is -2.57. The lowest BCUT2D eigenvalue weighted by molar-refractivity contribution is -0.158. The number of aliphatic hydroxyl groups is 1. The van der Waals surface area contributed by atoms with E-state index in [2.05, 4.69) is 4.98 Å². The molecule has 3 fully saturated rings. The summed E-state index contributed by atoms with van der Waals surface area (Å²) in [6, 6.07) is -0.296. The minimum absolute atomic E-state index is 0.0347. The average molecular weight is 330 g/mol. The highest BCUT2D eigenvalue weighted by Crippen LogP contribution is 2.69. The second kappa shape index (κ2) is 4.21. The van der Waals surface area contributed by atoms with Gasteiger partial charge in [0.15, 0.2) is 11.6 Å². The molecule has 2 heterocycles. The zero-order valence-corrected chi connectivity index (χ0v) is 12.8. The van der Waals surface area contributed by atoms with Crippen molar-refractivity contribution in [2.45, 2.75) is 43.1 Å². The van der Waals surface area contributed by atoms with E-state index in [1.54, 1.807) is 0 Å². The van der Waals surface area contributed by atoms with Gasteiger partial charge >= 0.3 is 5.69 Å². The van der Waals surface area contributed by atoms with E-state index in [4.69, 9.17) is 22.1 Å². The molecule has 4 unspecified atom stereocenters. The highest BCUT2D eigenvalue weighted by Gasteiger charge is 2.76. The highest BCUT2D eigenvalue weighted by atomic mass is 35.5. The summed E-state index contributed by atoms with van der Waals surface area (Å²) in [5.41, 5.74) is 3.62. The lowest BCUT2D eigenvalue weighted by Gasteiger charge is -2.47. The van der Waals surface area contributed by atoms with Crippen LogP contribution in [0.4, 0.5) is 10.2 Å².